The van der Waals surface area contributed by atoms with Gasteiger partial charge in [-0.1, -0.05) is 0 Å². The first-order valence-corrected chi connectivity index (χ1v) is 6.70. The molecule has 1 amide bonds. The smallest absolute Gasteiger partial charge is 0.252 e. The van der Waals surface area contributed by atoms with Crippen LogP contribution < -0.4 is 5.32 Å². The summed E-state index contributed by atoms with van der Waals surface area (Å²) in [7, 11) is 0. The van der Waals surface area contributed by atoms with Crippen molar-refractivity contribution in [2.75, 3.05) is 0 Å². The molecule has 100 valence electrons. The van der Waals surface area contributed by atoms with E-state index in [1.165, 1.54) is 0 Å². The number of nitrogens with zero attached hydrogens (tertiary/aromatic N) is 2. The van der Waals surface area contributed by atoms with Gasteiger partial charge in [-0.05, 0) is 55.7 Å². The van der Waals surface area contributed by atoms with Crippen molar-refractivity contribution < 1.29 is 4.79 Å². The van der Waals surface area contributed by atoms with Crippen molar-refractivity contribution in [3.8, 4) is 11.8 Å². The Morgan fingerprint density at radius 1 is 1.20 bits per heavy atom. The van der Waals surface area contributed by atoms with Crippen molar-refractivity contribution in [2.24, 2.45) is 0 Å². The Hall–Kier alpha value is -2.54. The fraction of sp³-hybridized carbons (Fsp3) is 0.250. The van der Waals surface area contributed by atoms with E-state index in [0.29, 0.717) is 5.56 Å². The normalized spacial score (nSPS) is 15.9. The van der Waals surface area contributed by atoms with Gasteiger partial charge >= 0.3 is 0 Å². The van der Waals surface area contributed by atoms with Gasteiger partial charge in [0.25, 0.3) is 5.91 Å². The molecule has 3 rings (SSSR count). The molecule has 0 aliphatic heterocycles. The first-order valence-electron chi connectivity index (χ1n) is 6.70. The molecule has 20 heavy (non-hydrogen) atoms. The second-order valence-electron chi connectivity index (χ2n) is 5.14. The largest absolute Gasteiger partial charge is 0.334 e. The molecule has 0 unspecified atom stereocenters. The molecular formula is C16H15N3O. The molecule has 2 aromatic rings. The lowest BCUT2D eigenvalue weighted by molar-refractivity contribution is 0.0881. The van der Waals surface area contributed by atoms with Gasteiger partial charge in [0.05, 0.1) is 6.07 Å². The highest BCUT2D eigenvalue weighted by atomic mass is 16.1. The Balaban J connectivity index is 1.75. The van der Waals surface area contributed by atoms with Crippen LogP contribution in [0.3, 0.4) is 0 Å². The molecular weight excluding hydrogens is 250 g/mol. The summed E-state index contributed by atoms with van der Waals surface area (Å²) in [5.41, 5.74) is 0.948. The number of aromatic nitrogens is 1. The van der Waals surface area contributed by atoms with Crippen LogP contribution in [0.2, 0.25) is 0 Å². The number of rotatable bonds is 3. The molecule has 0 spiro atoms. The minimum Gasteiger partial charge on any atom is -0.334 e. The summed E-state index contributed by atoms with van der Waals surface area (Å²) >= 11 is 0. The van der Waals surface area contributed by atoms with E-state index in [0.717, 1.165) is 24.9 Å². The summed E-state index contributed by atoms with van der Waals surface area (Å²) < 4.78 is 1.98. The predicted molar refractivity (Wildman–Crippen MR) is 75.4 cm³/mol. The number of carbonyl (C=O) groups is 1. The monoisotopic (exact) mass is 265 g/mol. The number of carbonyl (C=O) groups excluding carboxylic acids is 1. The number of nitriles is 1. The Morgan fingerprint density at radius 3 is 2.35 bits per heavy atom. The summed E-state index contributed by atoms with van der Waals surface area (Å²) in [5, 5.41) is 12.0. The fourth-order valence-corrected chi connectivity index (χ4v) is 2.38. The first kappa shape index (κ1) is 12.5. The Morgan fingerprint density at radius 2 is 1.85 bits per heavy atom. The molecule has 1 fully saturated rings. The van der Waals surface area contributed by atoms with Gasteiger partial charge in [0, 0.05) is 23.6 Å². The second-order valence-corrected chi connectivity index (χ2v) is 5.14. The van der Waals surface area contributed by atoms with Crippen LogP contribution in [0.4, 0.5) is 0 Å². The SMILES string of the molecule is N#CC1(NC(=O)c2ccc(-n3cccc3)cc2)CCC1. The Kier molecular flexibility index (Phi) is 3.03. The molecule has 1 aliphatic rings. The zero-order valence-corrected chi connectivity index (χ0v) is 11.0. The van der Waals surface area contributed by atoms with Gasteiger partial charge in [0.15, 0.2) is 0 Å². The van der Waals surface area contributed by atoms with Gasteiger partial charge in [0.2, 0.25) is 0 Å². The second kappa shape index (κ2) is 4.86. The molecule has 1 aliphatic carbocycles. The summed E-state index contributed by atoms with van der Waals surface area (Å²) in [6.07, 6.45) is 6.40. The van der Waals surface area contributed by atoms with E-state index in [-0.39, 0.29) is 5.91 Å². The molecule has 0 saturated heterocycles. The van der Waals surface area contributed by atoms with E-state index < -0.39 is 5.54 Å². The average molecular weight is 265 g/mol. The van der Waals surface area contributed by atoms with Gasteiger partial charge in [-0.15, -0.1) is 0 Å². The first-order chi connectivity index (χ1) is 9.72. The maximum Gasteiger partial charge on any atom is 0.252 e. The summed E-state index contributed by atoms with van der Waals surface area (Å²) in [5.74, 6) is -0.176. The van der Waals surface area contributed by atoms with Crippen LogP contribution in [0.5, 0.6) is 0 Å². The van der Waals surface area contributed by atoms with Gasteiger partial charge in [-0.3, -0.25) is 4.79 Å². The highest BCUT2D eigenvalue weighted by Gasteiger charge is 2.38. The van der Waals surface area contributed by atoms with Crippen LogP contribution in [0.1, 0.15) is 29.6 Å². The zero-order chi connectivity index (χ0) is 14.0. The number of amides is 1. The van der Waals surface area contributed by atoms with Crippen molar-refractivity contribution >= 4 is 5.91 Å². The zero-order valence-electron chi connectivity index (χ0n) is 11.0. The van der Waals surface area contributed by atoms with Crippen LogP contribution in [-0.2, 0) is 0 Å². The number of nitrogens with one attached hydrogen (secondary N) is 1. The molecule has 0 bridgehead atoms. The molecule has 4 nitrogen and oxygen atoms in total. The van der Waals surface area contributed by atoms with Crippen molar-refractivity contribution in [2.45, 2.75) is 24.8 Å². The van der Waals surface area contributed by atoms with Crippen LogP contribution >= 0.6 is 0 Å². The standard InChI is InChI=1S/C16H15N3O/c17-12-16(8-3-9-16)18-15(20)13-4-6-14(7-5-13)19-10-1-2-11-19/h1-2,4-7,10-11H,3,8-9H2,(H,18,20). The highest BCUT2D eigenvalue weighted by Crippen LogP contribution is 2.31. The molecule has 1 saturated carbocycles. The average Bonchev–Trinajstić information content (AvgIpc) is 2.97. The van der Waals surface area contributed by atoms with Crippen LogP contribution in [0, 0.1) is 11.3 Å². The van der Waals surface area contributed by atoms with E-state index in [9.17, 15) is 4.79 Å². The lowest BCUT2D eigenvalue weighted by atomic mass is 9.78. The van der Waals surface area contributed by atoms with Crippen molar-refractivity contribution in [1.82, 2.24) is 9.88 Å². The third-order valence-electron chi connectivity index (χ3n) is 3.81. The highest BCUT2D eigenvalue weighted by molar-refractivity contribution is 5.95. The molecule has 1 aromatic carbocycles. The van der Waals surface area contributed by atoms with Gasteiger partial charge in [-0.25, -0.2) is 0 Å². The third kappa shape index (κ3) is 2.19. The number of hydrogen-bond acceptors (Lipinski definition) is 2. The van der Waals surface area contributed by atoms with E-state index in [4.69, 9.17) is 5.26 Å². The van der Waals surface area contributed by atoms with Crippen molar-refractivity contribution in [1.29, 1.82) is 5.26 Å². The van der Waals surface area contributed by atoms with Crippen LogP contribution in [-0.4, -0.2) is 16.0 Å². The lowest BCUT2D eigenvalue weighted by Crippen LogP contribution is -2.52. The number of hydrogen-bond donors (Lipinski definition) is 1. The Labute approximate surface area is 117 Å². The van der Waals surface area contributed by atoms with Crippen LogP contribution in [0.25, 0.3) is 5.69 Å². The molecule has 1 N–H and O–H groups in total. The molecule has 1 heterocycles. The number of benzene rings is 1. The van der Waals surface area contributed by atoms with E-state index in [1.807, 2.05) is 41.2 Å². The minimum atomic E-state index is -0.643. The molecule has 0 radical (unpaired) electrons. The maximum atomic E-state index is 12.1. The lowest BCUT2D eigenvalue weighted by Gasteiger charge is -2.35. The summed E-state index contributed by atoms with van der Waals surface area (Å²) in [6, 6.07) is 13.5. The van der Waals surface area contributed by atoms with Crippen LogP contribution in [0.15, 0.2) is 48.8 Å². The van der Waals surface area contributed by atoms with Gasteiger partial charge in [0.1, 0.15) is 5.54 Å². The van der Waals surface area contributed by atoms with Crippen molar-refractivity contribution in [3.05, 3.63) is 54.4 Å². The summed E-state index contributed by atoms with van der Waals surface area (Å²) in [6.45, 7) is 0. The third-order valence-corrected chi connectivity index (χ3v) is 3.81. The van der Waals surface area contributed by atoms with E-state index >= 15 is 0 Å². The summed E-state index contributed by atoms with van der Waals surface area (Å²) in [4.78, 5) is 12.1. The molecule has 1 aromatic heterocycles. The maximum absolute atomic E-state index is 12.1. The predicted octanol–water partition coefficient (Wildman–Crippen LogP) is 2.65. The fourth-order valence-electron chi connectivity index (χ4n) is 2.38. The minimum absolute atomic E-state index is 0.176. The topological polar surface area (TPSA) is 57.8 Å². The van der Waals surface area contributed by atoms with Crippen molar-refractivity contribution in [3.63, 3.8) is 0 Å². The van der Waals surface area contributed by atoms with E-state index in [2.05, 4.69) is 11.4 Å². The van der Waals surface area contributed by atoms with Gasteiger partial charge in [-0.2, -0.15) is 5.26 Å². The molecule has 0 atom stereocenters. The quantitative estimate of drug-likeness (QED) is 0.927. The molecule has 4 heteroatoms. The Bertz CT molecular complexity index is 646. The van der Waals surface area contributed by atoms with E-state index in [1.54, 1.807) is 12.1 Å². The van der Waals surface area contributed by atoms with Gasteiger partial charge < -0.3 is 9.88 Å².